The summed E-state index contributed by atoms with van der Waals surface area (Å²) < 4.78 is 5.07. The lowest BCUT2D eigenvalue weighted by Crippen LogP contribution is -2.10. The van der Waals surface area contributed by atoms with E-state index in [0.717, 1.165) is 47.0 Å². The summed E-state index contributed by atoms with van der Waals surface area (Å²) in [6.45, 7) is 0. The molecule has 0 aliphatic heterocycles. The van der Waals surface area contributed by atoms with Gasteiger partial charge in [0.15, 0.2) is 0 Å². The molecule has 246 valence electrons. The van der Waals surface area contributed by atoms with Crippen LogP contribution >= 0.6 is 0 Å². The summed E-state index contributed by atoms with van der Waals surface area (Å²) in [5.41, 5.74) is 15.7. The number of hydrogen-bond acceptors (Lipinski definition) is 2. The highest BCUT2D eigenvalue weighted by Crippen LogP contribution is 2.46. The van der Waals surface area contributed by atoms with Gasteiger partial charge in [0.2, 0.25) is 0 Å². The number of para-hydroxylation sites is 5. The third-order valence-electron chi connectivity index (χ3n) is 10.8. The van der Waals surface area contributed by atoms with Crippen LogP contribution in [0.25, 0.3) is 49.8 Å². The van der Waals surface area contributed by atoms with Crippen molar-refractivity contribution >= 4 is 83.9 Å². The molecule has 0 fully saturated rings. The Balaban J connectivity index is 1.29. The fraction of sp³-hybridized carbons (Fsp3) is 0.0417. The summed E-state index contributed by atoms with van der Waals surface area (Å²) >= 11 is 0. The van der Waals surface area contributed by atoms with E-state index in [0.29, 0.717) is 0 Å². The molecular weight excluding hydrogens is 633 g/mol. The Morgan fingerprint density at radius 2 is 0.942 bits per heavy atom. The van der Waals surface area contributed by atoms with Crippen LogP contribution in [0.15, 0.2) is 176 Å². The van der Waals surface area contributed by atoms with Crippen molar-refractivity contribution in [1.29, 1.82) is 0 Å². The molecule has 0 saturated heterocycles. The van der Waals surface area contributed by atoms with E-state index in [2.05, 4.69) is 201 Å². The normalized spacial score (nSPS) is 12.8. The second-order valence-corrected chi connectivity index (χ2v) is 13.7. The van der Waals surface area contributed by atoms with Crippen LogP contribution in [0.4, 0.5) is 34.1 Å². The summed E-state index contributed by atoms with van der Waals surface area (Å²) in [5, 5.41) is 3.80. The Labute approximate surface area is 301 Å². The zero-order valence-electron chi connectivity index (χ0n) is 28.5. The molecule has 3 heterocycles. The topological polar surface area (TPSA) is 15.3 Å². The highest BCUT2D eigenvalue weighted by molar-refractivity contribution is 6.20. The first-order chi connectivity index (χ1) is 25.8. The molecule has 0 saturated carbocycles. The van der Waals surface area contributed by atoms with Crippen LogP contribution in [-0.2, 0) is 6.42 Å². The van der Waals surface area contributed by atoms with Crippen LogP contribution in [0.1, 0.15) is 17.7 Å². The van der Waals surface area contributed by atoms with Crippen LogP contribution in [0, 0.1) is 0 Å². The highest BCUT2D eigenvalue weighted by atomic mass is 15.2. The van der Waals surface area contributed by atoms with Gasteiger partial charge in [-0.1, -0.05) is 91.0 Å². The van der Waals surface area contributed by atoms with Gasteiger partial charge in [-0.15, -0.1) is 0 Å². The van der Waals surface area contributed by atoms with E-state index in [1.165, 1.54) is 55.0 Å². The summed E-state index contributed by atoms with van der Waals surface area (Å²) in [4.78, 5) is 4.76. The lowest BCUT2D eigenvalue weighted by atomic mass is 10.0. The molecule has 0 bridgehead atoms. The first-order valence-corrected chi connectivity index (χ1v) is 18.1. The number of anilines is 6. The fourth-order valence-corrected chi connectivity index (χ4v) is 8.69. The fourth-order valence-electron chi connectivity index (χ4n) is 8.69. The summed E-state index contributed by atoms with van der Waals surface area (Å²) in [6.07, 6.45) is 6.81. The smallest absolute Gasteiger partial charge is 0.0784 e. The van der Waals surface area contributed by atoms with Gasteiger partial charge in [-0.25, -0.2) is 0 Å². The lowest BCUT2D eigenvalue weighted by molar-refractivity contribution is 0.983. The highest BCUT2D eigenvalue weighted by Gasteiger charge is 2.26. The zero-order valence-corrected chi connectivity index (χ0v) is 28.5. The minimum atomic E-state index is 1.05. The molecule has 0 unspecified atom stereocenters. The second-order valence-electron chi connectivity index (χ2n) is 13.7. The molecule has 4 nitrogen and oxygen atoms in total. The van der Waals surface area contributed by atoms with Crippen molar-refractivity contribution in [3.05, 3.63) is 187 Å². The quantitative estimate of drug-likeness (QED) is 0.164. The average molecular weight is 667 g/mol. The Morgan fingerprint density at radius 3 is 1.56 bits per heavy atom. The summed E-state index contributed by atoms with van der Waals surface area (Å²) in [7, 11) is 0. The number of benzene rings is 7. The molecule has 1 aliphatic rings. The molecule has 3 aromatic heterocycles. The van der Waals surface area contributed by atoms with E-state index >= 15 is 0 Å². The average Bonchev–Trinajstić information content (AvgIpc) is 3.73. The third-order valence-corrected chi connectivity index (χ3v) is 10.8. The predicted molar refractivity (Wildman–Crippen MR) is 219 cm³/mol. The van der Waals surface area contributed by atoms with Gasteiger partial charge in [0, 0.05) is 56.0 Å². The molecule has 4 heteroatoms. The Morgan fingerprint density at radius 1 is 0.385 bits per heavy atom. The van der Waals surface area contributed by atoms with Crippen molar-refractivity contribution in [2.45, 2.75) is 12.8 Å². The van der Waals surface area contributed by atoms with Gasteiger partial charge in [-0.05, 0) is 109 Å². The predicted octanol–water partition coefficient (Wildman–Crippen LogP) is 13.0. The summed E-state index contributed by atoms with van der Waals surface area (Å²) in [6, 6.07) is 61.6. The zero-order chi connectivity index (χ0) is 34.2. The van der Waals surface area contributed by atoms with E-state index in [1.807, 2.05) is 0 Å². The second kappa shape index (κ2) is 11.4. The Kier molecular flexibility index (Phi) is 6.34. The van der Waals surface area contributed by atoms with Gasteiger partial charge in [-0.2, -0.15) is 0 Å². The standard InChI is InChI=1S/C48H34N4/c1-5-16-33(17-6-1)49(34-18-7-2-8-19-34)37-28-29-44-41(30-37)42-31-38(50(35-20-9-3-10-21-35)36-22-11-4-12-23-36)32-46-48(42)51(44)45-27-15-25-40-39-24-13-14-26-43(39)52(46)47(40)45/h1-12,14-23,25-32H,13,24H2. The lowest BCUT2D eigenvalue weighted by Gasteiger charge is -2.26. The first-order valence-electron chi connectivity index (χ1n) is 18.1. The number of aromatic nitrogens is 2. The molecule has 0 N–H and O–H groups in total. The van der Waals surface area contributed by atoms with Crippen LogP contribution in [0.3, 0.4) is 0 Å². The van der Waals surface area contributed by atoms with Gasteiger partial charge < -0.3 is 18.6 Å². The number of aryl methyl sites for hydroxylation is 1. The van der Waals surface area contributed by atoms with Gasteiger partial charge >= 0.3 is 0 Å². The van der Waals surface area contributed by atoms with Crippen LogP contribution in [0.5, 0.6) is 0 Å². The molecule has 0 radical (unpaired) electrons. The van der Waals surface area contributed by atoms with Crippen molar-refractivity contribution in [2.24, 2.45) is 0 Å². The molecule has 0 atom stereocenters. The van der Waals surface area contributed by atoms with E-state index in [4.69, 9.17) is 0 Å². The number of allylic oxidation sites excluding steroid dienone is 1. The van der Waals surface area contributed by atoms with E-state index in [1.54, 1.807) is 0 Å². The largest absolute Gasteiger partial charge is 0.310 e. The van der Waals surface area contributed by atoms with Gasteiger partial charge in [0.05, 0.1) is 27.6 Å². The van der Waals surface area contributed by atoms with E-state index in [9.17, 15) is 0 Å². The minimum Gasteiger partial charge on any atom is -0.310 e. The minimum absolute atomic E-state index is 1.05. The maximum atomic E-state index is 2.55. The molecule has 7 aromatic carbocycles. The monoisotopic (exact) mass is 666 g/mol. The van der Waals surface area contributed by atoms with Gasteiger partial charge in [-0.3, -0.25) is 0 Å². The van der Waals surface area contributed by atoms with Crippen molar-refractivity contribution in [2.75, 3.05) is 9.80 Å². The maximum Gasteiger partial charge on any atom is 0.0784 e. The molecular formula is C48H34N4. The number of fused-ring (bicyclic) bond motifs is 8. The van der Waals surface area contributed by atoms with E-state index < -0.39 is 0 Å². The SMILES string of the molecule is C1=Cc2c(c3cccc4c3n2c2cc(N(c3ccccc3)c3ccccc3)cc3c5cc(N(c6ccccc6)c6ccccc6)ccc5n4c32)CC1. The Hall–Kier alpha value is -6.78. The van der Waals surface area contributed by atoms with Crippen molar-refractivity contribution in [1.82, 2.24) is 8.80 Å². The number of nitrogens with zero attached hydrogens (tertiary/aromatic N) is 4. The van der Waals surface area contributed by atoms with Gasteiger partial charge in [0.1, 0.15) is 0 Å². The molecule has 0 amide bonds. The maximum absolute atomic E-state index is 2.55. The summed E-state index contributed by atoms with van der Waals surface area (Å²) in [5.74, 6) is 0. The Bertz CT molecular complexity index is 2860. The van der Waals surface area contributed by atoms with E-state index in [-0.39, 0.29) is 0 Å². The van der Waals surface area contributed by atoms with Gasteiger partial charge in [0.25, 0.3) is 0 Å². The third kappa shape index (κ3) is 4.21. The molecule has 11 rings (SSSR count). The van der Waals surface area contributed by atoms with Crippen LogP contribution < -0.4 is 9.80 Å². The van der Waals surface area contributed by atoms with Crippen LogP contribution in [0.2, 0.25) is 0 Å². The molecule has 1 aliphatic carbocycles. The first kappa shape index (κ1) is 29.0. The van der Waals surface area contributed by atoms with Crippen molar-refractivity contribution < 1.29 is 0 Å². The number of hydrogen-bond donors (Lipinski definition) is 0. The van der Waals surface area contributed by atoms with Crippen molar-refractivity contribution in [3.8, 4) is 0 Å². The van der Waals surface area contributed by atoms with Crippen molar-refractivity contribution in [3.63, 3.8) is 0 Å². The molecule has 52 heavy (non-hydrogen) atoms. The van der Waals surface area contributed by atoms with Crippen LogP contribution in [-0.4, -0.2) is 8.80 Å². The number of rotatable bonds is 6. The molecule has 10 aromatic rings. The molecule has 0 spiro atoms.